The summed E-state index contributed by atoms with van der Waals surface area (Å²) in [6.45, 7) is 2.97. The van der Waals surface area contributed by atoms with Gasteiger partial charge in [-0.2, -0.15) is 0 Å². The van der Waals surface area contributed by atoms with Crippen LogP contribution >= 0.6 is 0 Å². The van der Waals surface area contributed by atoms with E-state index < -0.39 is 6.10 Å². The van der Waals surface area contributed by atoms with Crippen LogP contribution in [0.5, 0.6) is 11.5 Å². The van der Waals surface area contributed by atoms with Crippen molar-refractivity contribution in [3.8, 4) is 11.5 Å². The third-order valence-corrected chi connectivity index (χ3v) is 4.18. The zero-order valence-electron chi connectivity index (χ0n) is 14.9. The number of ether oxygens (including phenoxy) is 2. The normalized spacial score (nSPS) is 17.8. The SMILES string of the molecule is Cc1cccc(OCC(O)CN=C(N)NC2CCOc3ccccc32)c1. The number of nitrogens with zero attached hydrogens (tertiary/aromatic N) is 1. The molecule has 0 fully saturated rings. The maximum atomic E-state index is 10.1. The number of hydrogen-bond donors (Lipinski definition) is 3. The average molecular weight is 355 g/mol. The lowest BCUT2D eigenvalue weighted by molar-refractivity contribution is 0.114. The van der Waals surface area contributed by atoms with Crippen molar-refractivity contribution in [2.45, 2.75) is 25.5 Å². The molecule has 2 aromatic carbocycles. The molecule has 4 N–H and O–H groups in total. The summed E-state index contributed by atoms with van der Waals surface area (Å²) in [7, 11) is 0. The molecule has 6 heteroatoms. The minimum Gasteiger partial charge on any atom is -0.493 e. The van der Waals surface area contributed by atoms with E-state index in [0.717, 1.165) is 29.0 Å². The van der Waals surface area contributed by atoms with E-state index >= 15 is 0 Å². The molecule has 0 aromatic heterocycles. The number of aliphatic hydroxyl groups excluding tert-OH is 1. The molecule has 1 aliphatic rings. The van der Waals surface area contributed by atoms with Crippen LogP contribution < -0.4 is 20.5 Å². The van der Waals surface area contributed by atoms with Gasteiger partial charge in [-0.25, -0.2) is 0 Å². The minimum atomic E-state index is -0.724. The van der Waals surface area contributed by atoms with E-state index in [9.17, 15) is 5.11 Å². The lowest BCUT2D eigenvalue weighted by atomic mass is 10.0. The number of hydrogen-bond acceptors (Lipinski definition) is 4. The van der Waals surface area contributed by atoms with Gasteiger partial charge < -0.3 is 25.6 Å². The molecule has 0 aliphatic carbocycles. The Kier molecular flexibility index (Phi) is 5.96. The van der Waals surface area contributed by atoms with Gasteiger partial charge in [0.1, 0.15) is 24.2 Å². The highest BCUT2D eigenvalue weighted by molar-refractivity contribution is 5.78. The number of nitrogens with one attached hydrogen (secondary N) is 1. The summed E-state index contributed by atoms with van der Waals surface area (Å²) in [5, 5.41) is 13.3. The van der Waals surface area contributed by atoms with Crippen LogP contribution in [0.1, 0.15) is 23.6 Å². The first-order chi connectivity index (χ1) is 12.6. The number of aliphatic hydroxyl groups is 1. The highest BCUT2D eigenvalue weighted by Crippen LogP contribution is 2.31. The predicted molar refractivity (Wildman–Crippen MR) is 102 cm³/mol. The first kappa shape index (κ1) is 18.1. The Morgan fingerprint density at radius 1 is 1.35 bits per heavy atom. The van der Waals surface area contributed by atoms with Gasteiger partial charge in [0.15, 0.2) is 5.96 Å². The van der Waals surface area contributed by atoms with Crippen molar-refractivity contribution in [2.75, 3.05) is 19.8 Å². The Morgan fingerprint density at radius 2 is 2.19 bits per heavy atom. The molecule has 0 amide bonds. The fourth-order valence-corrected chi connectivity index (χ4v) is 2.87. The van der Waals surface area contributed by atoms with E-state index in [1.165, 1.54) is 0 Å². The topological polar surface area (TPSA) is 89.1 Å². The minimum absolute atomic E-state index is 0.0596. The van der Waals surface area contributed by atoms with E-state index in [0.29, 0.717) is 12.6 Å². The first-order valence-electron chi connectivity index (χ1n) is 8.77. The van der Waals surface area contributed by atoms with Crippen molar-refractivity contribution in [1.82, 2.24) is 5.32 Å². The van der Waals surface area contributed by atoms with Crippen LogP contribution in [0.4, 0.5) is 0 Å². The Balaban J connectivity index is 1.49. The largest absolute Gasteiger partial charge is 0.493 e. The number of aryl methyl sites for hydroxylation is 1. The summed E-state index contributed by atoms with van der Waals surface area (Å²) < 4.78 is 11.2. The summed E-state index contributed by atoms with van der Waals surface area (Å²) in [5.74, 6) is 1.91. The van der Waals surface area contributed by atoms with Crippen LogP contribution in [0.25, 0.3) is 0 Å². The summed E-state index contributed by atoms with van der Waals surface area (Å²) in [6.07, 6.45) is 0.0875. The van der Waals surface area contributed by atoms with E-state index in [2.05, 4.69) is 10.3 Å². The maximum Gasteiger partial charge on any atom is 0.189 e. The summed E-state index contributed by atoms with van der Waals surface area (Å²) >= 11 is 0. The Labute approximate surface area is 153 Å². The van der Waals surface area contributed by atoms with Crippen molar-refractivity contribution in [3.05, 3.63) is 59.7 Å². The molecule has 6 nitrogen and oxygen atoms in total. The lowest BCUT2D eigenvalue weighted by Crippen LogP contribution is -2.38. The van der Waals surface area contributed by atoms with Crippen molar-refractivity contribution in [1.29, 1.82) is 0 Å². The summed E-state index contributed by atoms with van der Waals surface area (Å²) in [6, 6.07) is 15.6. The van der Waals surface area contributed by atoms with E-state index in [4.69, 9.17) is 15.2 Å². The van der Waals surface area contributed by atoms with Crippen molar-refractivity contribution in [2.24, 2.45) is 10.7 Å². The molecule has 0 saturated heterocycles. The van der Waals surface area contributed by atoms with Gasteiger partial charge in [-0.1, -0.05) is 30.3 Å². The van der Waals surface area contributed by atoms with Gasteiger partial charge in [0.05, 0.1) is 19.2 Å². The van der Waals surface area contributed by atoms with Crippen LogP contribution in [0.2, 0.25) is 0 Å². The Hall–Kier alpha value is -2.73. The number of benzene rings is 2. The van der Waals surface area contributed by atoms with Gasteiger partial charge in [-0.15, -0.1) is 0 Å². The second-order valence-electron chi connectivity index (χ2n) is 6.38. The third kappa shape index (κ3) is 4.89. The van der Waals surface area contributed by atoms with Gasteiger partial charge in [-0.05, 0) is 30.7 Å². The number of guanidine groups is 1. The molecule has 0 spiro atoms. The van der Waals surface area contributed by atoms with Gasteiger partial charge in [0, 0.05) is 12.0 Å². The number of para-hydroxylation sites is 1. The van der Waals surface area contributed by atoms with Crippen LogP contribution in [0, 0.1) is 6.92 Å². The molecule has 2 atom stereocenters. The zero-order chi connectivity index (χ0) is 18.4. The Morgan fingerprint density at radius 3 is 3.04 bits per heavy atom. The van der Waals surface area contributed by atoms with E-state index in [1.807, 2.05) is 55.5 Å². The van der Waals surface area contributed by atoms with Gasteiger partial charge in [0.25, 0.3) is 0 Å². The quantitative estimate of drug-likeness (QED) is 0.546. The molecular weight excluding hydrogens is 330 g/mol. The van der Waals surface area contributed by atoms with Crippen LogP contribution in [0.3, 0.4) is 0 Å². The summed E-state index contributed by atoms with van der Waals surface area (Å²) in [4.78, 5) is 4.23. The van der Waals surface area contributed by atoms with E-state index in [1.54, 1.807) is 0 Å². The molecule has 1 heterocycles. The van der Waals surface area contributed by atoms with Crippen LogP contribution in [0.15, 0.2) is 53.5 Å². The maximum absolute atomic E-state index is 10.1. The third-order valence-electron chi connectivity index (χ3n) is 4.18. The van der Waals surface area contributed by atoms with Crippen molar-refractivity contribution < 1.29 is 14.6 Å². The van der Waals surface area contributed by atoms with Crippen molar-refractivity contribution >= 4 is 5.96 Å². The smallest absolute Gasteiger partial charge is 0.189 e. The molecule has 0 saturated carbocycles. The molecule has 2 unspecified atom stereocenters. The Bertz CT molecular complexity index is 763. The number of fused-ring (bicyclic) bond motifs is 1. The number of nitrogens with two attached hydrogens (primary N) is 1. The van der Waals surface area contributed by atoms with Gasteiger partial charge >= 0.3 is 0 Å². The standard InChI is InChI=1S/C20H25N3O3/c1-14-5-4-6-16(11-14)26-13-15(24)12-22-20(21)23-18-9-10-25-19-8-3-2-7-17(18)19/h2-8,11,15,18,24H,9-10,12-13H2,1H3,(H3,21,22,23). The van der Waals surface area contributed by atoms with Gasteiger partial charge in [-0.3, -0.25) is 4.99 Å². The molecule has 0 radical (unpaired) electrons. The summed E-state index contributed by atoms with van der Waals surface area (Å²) in [5.41, 5.74) is 8.16. The molecule has 3 rings (SSSR count). The first-order valence-corrected chi connectivity index (χ1v) is 8.77. The fraction of sp³-hybridized carbons (Fsp3) is 0.350. The monoisotopic (exact) mass is 355 g/mol. The number of rotatable bonds is 6. The highest BCUT2D eigenvalue weighted by atomic mass is 16.5. The van der Waals surface area contributed by atoms with Crippen LogP contribution in [-0.2, 0) is 0 Å². The highest BCUT2D eigenvalue weighted by Gasteiger charge is 2.21. The molecule has 2 aromatic rings. The second kappa shape index (κ2) is 8.58. The molecule has 138 valence electrons. The van der Waals surface area contributed by atoms with E-state index in [-0.39, 0.29) is 19.2 Å². The predicted octanol–water partition coefficient (Wildman–Crippen LogP) is 2.16. The van der Waals surface area contributed by atoms with Crippen molar-refractivity contribution in [3.63, 3.8) is 0 Å². The lowest BCUT2D eigenvalue weighted by Gasteiger charge is -2.27. The fourth-order valence-electron chi connectivity index (χ4n) is 2.87. The molecular formula is C20H25N3O3. The van der Waals surface area contributed by atoms with Crippen LogP contribution in [-0.4, -0.2) is 36.9 Å². The second-order valence-corrected chi connectivity index (χ2v) is 6.38. The molecule has 1 aliphatic heterocycles. The molecule has 26 heavy (non-hydrogen) atoms. The number of aliphatic imine (C=N–C) groups is 1. The average Bonchev–Trinajstić information content (AvgIpc) is 2.65. The van der Waals surface area contributed by atoms with Gasteiger partial charge in [0.2, 0.25) is 0 Å². The molecule has 0 bridgehead atoms. The zero-order valence-corrected chi connectivity index (χ0v) is 14.9.